The maximum absolute atomic E-state index is 6.26. The standard InChI is InChI=1S/C20H13ClN4OS/c21-15-9-5-4-8-14(15)16-10-11-17(26-16)19-24-25-18(22-23-20(25)27-19)12-13-6-2-1-3-7-13/h1-11H,12H2. The van der Waals surface area contributed by atoms with Crippen molar-refractivity contribution >= 4 is 27.9 Å². The van der Waals surface area contributed by atoms with Gasteiger partial charge in [0.25, 0.3) is 0 Å². The van der Waals surface area contributed by atoms with Gasteiger partial charge in [0.15, 0.2) is 16.6 Å². The Kier molecular flexibility index (Phi) is 3.99. The molecule has 5 nitrogen and oxygen atoms in total. The first-order valence-corrected chi connectivity index (χ1v) is 9.57. The largest absolute Gasteiger partial charge is 0.453 e. The molecule has 3 heterocycles. The van der Waals surface area contributed by atoms with Crippen LogP contribution in [-0.4, -0.2) is 19.8 Å². The summed E-state index contributed by atoms with van der Waals surface area (Å²) in [6.45, 7) is 0. The van der Waals surface area contributed by atoms with Crippen LogP contribution in [0.1, 0.15) is 11.4 Å². The molecule has 5 aromatic rings. The molecule has 0 saturated carbocycles. The Morgan fingerprint density at radius 2 is 1.67 bits per heavy atom. The lowest BCUT2D eigenvalue weighted by molar-refractivity contribution is 0.595. The van der Waals surface area contributed by atoms with Crippen molar-refractivity contribution in [1.82, 2.24) is 19.8 Å². The predicted octanol–water partition coefficient (Wildman–Crippen LogP) is 5.36. The Morgan fingerprint density at radius 1 is 0.889 bits per heavy atom. The molecule has 5 rings (SSSR count). The van der Waals surface area contributed by atoms with Gasteiger partial charge in [-0.15, -0.1) is 15.3 Å². The fourth-order valence-corrected chi connectivity index (χ4v) is 3.95. The summed E-state index contributed by atoms with van der Waals surface area (Å²) in [5.74, 6) is 2.20. The van der Waals surface area contributed by atoms with Gasteiger partial charge in [0, 0.05) is 12.0 Å². The second-order valence-corrected chi connectivity index (χ2v) is 7.39. The summed E-state index contributed by atoms with van der Waals surface area (Å²) < 4.78 is 7.78. The molecule has 0 aliphatic rings. The van der Waals surface area contributed by atoms with Gasteiger partial charge >= 0.3 is 0 Å². The lowest BCUT2D eigenvalue weighted by Crippen LogP contribution is -1.97. The van der Waals surface area contributed by atoms with Crippen molar-refractivity contribution in [1.29, 1.82) is 0 Å². The predicted molar refractivity (Wildman–Crippen MR) is 106 cm³/mol. The van der Waals surface area contributed by atoms with Gasteiger partial charge < -0.3 is 4.42 Å². The number of hydrogen-bond acceptors (Lipinski definition) is 5. The first-order chi connectivity index (χ1) is 13.3. The lowest BCUT2D eigenvalue weighted by Gasteiger charge is -1.99. The molecule has 0 saturated heterocycles. The summed E-state index contributed by atoms with van der Waals surface area (Å²) in [5.41, 5.74) is 2.03. The molecule has 0 N–H and O–H groups in total. The summed E-state index contributed by atoms with van der Waals surface area (Å²) in [6.07, 6.45) is 0.675. The molecule has 0 spiro atoms. The molecule has 2 aromatic carbocycles. The zero-order valence-corrected chi connectivity index (χ0v) is 15.6. The number of aromatic nitrogens is 4. The van der Waals surface area contributed by atoms with E-state index in [0.717, 1.165) is 21.4 Å². The lowest BCUT2D eigenvalue weighted by atomic mass is 10.1. The van der Waals surface area contributed by atoms with Crippen molar-refractivity contribution in [3.8, 4) is 22.1 Å². The van der Waals surface area contributed by atoms with Crippen LogP contribution >= 0.6 is 22.9 Å². The summed E-state index contributed by atoms with van der Waals surface area (Å²) in [5, 5.41) is 14.6. The van der Waals surface area contributed by atoms with Crippen LogP contribution in [-0.2, 0) is 6.42 Å². The highest BCUT2D eigenvalue weighted by Crippen LogP contribution is 2.34. The number of benzene rings is 2. The van der Waals surface area contributed by atoms with Gasteiger partial charge in [-0.3, -0.25) is 0 Å². The van der Waals surface area contributed by atoms with Gasteiger partial charge in [0.05, 0.1) is 5.02 Å². The fourth-order valence-electron chi connectivity index (χ4n) is 2.90. The normalized spacial score (nSPS) is 11.3. The van der Waals surface area contributed by atoms with Crippen molar-refractivity contribution in [2.45, 2.75) is 6.42 Å². The van der Waals surface area contributed by atoms with E-state index in [1.165, 1.54) is 16.9 Å². The van der Waals surface area contributed by atoms with Crippen molar-refractivity contribution < 1.29 is 4.42 Å². The second kappa shape index (κ2) is 6.64. The van der Waals surface area contributed by atoms with Crippen LogP contribution in [0.15, 0.2) is 71.1 Å². The molecular weight excluding hydrogens is 380 g/mol. The van der Waals surface area contributed by atoms with Gasteiger partial charge in [0.1, 0.15) is 5.76 Å². The number of nitrogens with zero attached hydrogens (tertiary/aromatic N) is 4. The van der Waals surface area contributed by atoms with Crippen molar-refractivity contribution in [2.75, 3.05) is 0 Å². The molecular formula is C20H13ClN4OS. The second-order valence-electron chi connectivity index (χ2n) is 6.02. The molecule has 0 unspecified atom stereocenters. The average molecular weight is 393 g/mol. The maximum atomic E-state index is 6.26. The molecule has 0 radical (unpaired) electrons. The van der Waals surface area contributed by atoms with E-state index >= 15 is 0 Å². The smallest absolute Gasteiger partial charge is 0.235 e. The zero-order chi connectivity index (χ0) is 18.2. The molecule has 0 aliphatic carbocycles. The quantitative estimate of drug-likeness (QED) is 0.413. The third-order valence-electron chi connectivity index (χ3n) is 4.22. The van der Waals surface area contributed by atoms with Crippen LogP contribution in [0.5, 0.6) is 0 Å². The van der Waals surface area contributed by atoms with Crippen LogP contribution < -0.4 is 0 Å². The monoisotopic (exact) mass is 392 g/mol. The molecule has 0 amide bonds. The molecule has 0 aliphatic heterocycles. The number of rotatable bonds is 4. The number of furan rings is 1. The van der Waals surface area contributed by atoms with Crippen molar-refractivity contribution in [3.63, 3.8) is 0 Å². The Bertz CT molecular complexity index is 1230. The Labute approximate surface area is 163 Å². The summed E-state index contributed by atoms with van der Waals surface area (Å²) >= 11 is 7.71. The molecule has 27 heavy (non-hydrogen) atoms. The highest BCUT2D eigenvalue weighted by atomic mass is 35.5. The molecule has 0 fully saturated rings. The topological polar surface area (TPSA) is 56.2 Å². The molecule has 0 bridgehead atoms. The zero-order valence-electron chi connectivity index (χ0n) is 14.0. The number of hydrogen-bond donors (Lipinski definition) is 0. The number of fused-ring (bicyclic) bond motifs is 1. The third-order valence-corrected chi connectivity index (χ3v) is 5.46. The van der Waals surface area contributed by atoms with E-state index in [1.54, 1.807) is 4.52 Å². The minimum absolute atomic E-state index is 0.654. The summed E-state index contributed by atoms with van der Waals surface area (Å²) in [4.78, 5) is 0.742. The van der Waals surface area contributed by atoms with Crippen molar-refractivity contribution in [3.05, 3.63) is 83.1 Å². The van der Waals surface area contributed by atoms with E-state index in [0.29, 0.717) is 23.0 Å². The maximum Gasteiger partial charge on any atom is 0.235 e. The Balaban J connectivity index is 1.49. The van der Waals surface area contributed by atoms with Crippen LogP contribution in [0.4, 0.5) is 0 Å². The minimum atomic E-state index is 0.654. The van der Waals surface area contributed by atoms with Crippen molar-refractivity contribution in [2.24, 2.45) is 0 Å². The van der Waals surface area contributed by atoms with Gasteiger partial charge in [-0.1, -0.05) is 65.4 Å². The number of halogens is 1. The molecule has 3 aromatic heterocycles. The highest BCUT2D eigenvalue weighted by Gasteiger charge is 2.16. The van der Waals surface area contributed by atoms with E-state index in [9.17, 15) is 0 Å². The van der Waals surface area contributed by atoms with E-state index in [2.05, 4.69) is 27.4 Å². The van der Waals surface area contributed by atoms with E-state index in [-0.39, 0.29) is 0 Å². The summed E-state index contributed by atoms with van der Waals surface area (Å²) in [7, 11) is 0. The van der Waals surface area contributed by atoms with Gasteiger partial charge in [-0.05, 0) is 29.8 Å². The summed E-state index contributed by atoms with van der Waals surface area (Å²) in [6, 6.07) is 21.6. The SMILES string of the molecule is Clc1ccccc1-c1ccc(-c2nn3c(Cc4ccccc4)nnc3s2)o1. The van der Waals surface area contributed by atoms with E-state index < -0.39 is 0 Å². The van der Waals surface area contributed by atoms with Crippen LogP contribution in [0.2, 0.25) is 5.02 Å². The van der Waals surface area contributed by atoms with Gasteiger partial charge in [-0.25, -0.2) is 0 Å². The first-order valence-electron chi connectivity index (χ1n) is 8.38. The molecule has 132 valence electrons. The van der Waals surface area contributed by atoms with Crippen LogP contribution in [0.3, 0.4) is 0 Å². The molecule has 0 atom stereocenters. The third kappa shape index (κ3) is 3.03. The van der Waals surface area contributed by atoms with Gasteiger partial charge in [0.2, 0.25) is 4.96 Å². The first kappa shape index (κ1) is 16.2. The Hall–Kier alpha value is -2.96. The minimum Gasteiger partial charge on any atom is -0.453 e. The Morgan fingerprint density at radius 3 is 2.52 bits per heavy atom. The van der Waals surface area contributed by atoms with Crippen LogP contribution in [0.25, 0.3) is 27.1 Å². The molecule has 7 heteroatoms. The van der Waals surface area contributed by atoms with Gasteiger partial charge in [-0.2, -0.15) is 4.52 Å². The highest BCUT2D eigenvalue weighted by molar-refractivity contribution is 7.19. The fraction of sp³-hybridized carbons (Fsp3) is 0.0500. The average Bonchev–Trinajstić information content (AvgIpc) is 3.40. The van der Waals surface area contributed by atoms with E-state index in [4.69, 9.17) is 16.0 Å². The van der Waals surface area contributed by atoms with E-state index in [1.807, 2.05) is 54.6 Å². The van der Waals surface area contributed by atoms with Crippen LogP contribution in [0, 0.1) is 0 Å².